The second-order valence-corrected chi connectivity index (χ2v) is 6.83. The van der Waals surface area contributed by atoms with Crippen LogP contribution in [0.3, 0.4) is 0 Å². The van der Waals surface area contributed by atoms with E-state index in [1.54, 1.807) is 31.4 Å². The molecule has 0 aliphatic rings. The van der Waals surface area contributed by atoms with Crippen LogP contribution in [-0.2, 0) is 14.6 Å². The van der Waals surface area contributed by atoms with Crippen LogP contribution in [0.2, 0.25) is 0 Å². The SMILES string of the molecule is COc1cccc(OCC(=O)Nc2ccc(S(C)(=O)=O)cc2)c1. The van der Waals surface area contributed by atoms with Gasteiger partial charge in [-0.05, 0) is 36.4 Å². The summed E-state index contributed by atoms with van der Waals surface area (Å²) >= 11 is 0. The first-order valence-corrected chi connectivity index (χ1v) is 8.64. The largest absolute Gasteiger partial charge is 0.497 e. The van der Waals surface area contributed by atoms with Gasteiger partial charge in [-0.1, -0.05) is 6.07 Å². The van der Waals surface area contributed by atoms with Gasteiger partial charge in [0.2, 0.25) is 0 Å². The van der Waals surface area contributed by atoms with Crippen molar-refractivity contribution in [3.63, 3.8) is 0 Å². The minimum absolute atomic E-state index is 0.166. The highest BCUT2D eigenvalue weighted by molar-refractivity contribution is 7.90. The molecule has 0 aromatic heterocycles. The summed E-state index contributed by atoms with van der Waals surface area (Å²) in [6.45, 7) is -0.166. The van der Waals surface area contributed by atoms with Crippen molar-refractivity contribution in [2.24, 2.45) is 0 Å². The van der Waals surface area contributed by atoms with Crippen molar-refractivity contribution in [2.45, 2.75) is 4.90 Å². The van der Waals surface area contributed by atoms with Crippen molar-refractivity contribution >= 4 is 21.4 Å². The van der Waals surface area contributed by atoms with Gasteiger partial charge in [-0.2, -0.15) is 0 Å². The van der Waals surface area contributed by atoms with Crippen LogP contribution in [0.25, 0.3) is 0 Å². The molecule has 0 saturated carbocycles. The standard InChI is InChI=1S/C16H17NO5S/c1-21-13-4-3-5-14(10-13)22-11-16(18)17-12-6-8-15(9-7-12)23(2,19)20/h3-10H,11H2,1-2H3,(H,17,18). The third kappa shape index (κ3) is 5.00. The van der Waals surface area contributed by atoms with Crippen molar-refractivity contribution in [1.29, 1.82) is 0 Å². The summed E-state index contributed by atoms with van der Waals surface area (Å²) in [7, 11) is -1.70. The van der Waals surface area contributed by atoms with Gasteiger partial charge in [0.25, 0.3) is 5.91 Å². The molecule has 1 amide bonds. The molecule has 0 unspecified atom stereocenters. The topological polar surface area (TPSA) is 81.7 Å². The molecule has 0 saturated heterocycles. The second-order valence-electron chi connectivity index (χ2n) is 4.81. The minimum Gasteiger partial charge on any atom is -0.497 e. The van der Waals surface area contributed by atoms with E-state index in [1.807, 2.05) is 0 Å². The molecular formula is C16H17NO5S. The van der Waals surface area contributed by atoms with Gasteiger partial charge in [0.15, 0.2) is 16.4 Å². The highest BCUT2D eigenvalue weighted by Crippen LogP contribution is 2.19. The smallest absolute Gasteiger partial charge is 0.262 e. The molecule has 1 N–H and O–H groups in total. The number of anilines is 1. The molecule has 6 nitrogen and oxygen atoms in total. The van der Waals surface area contributed by atoms with E-state index < -0.39 is 9.84 Å². The van der Waals surface area contributed by atoms with Gasteiger partial charge >= 0.3 is 0 Å². The maximum atomic E-state index is 11.8. The van der Waals surface area contributed by atoms with E-state index in [-0.39, 0.29) is 17.4 Å². The Morgan fingerprint density at radius 3 is 2.35 bits per heavy atom. The molecule has 2 aromatic rings. The Kier molecular flexibility index (Phi) is 5.23. The normalized spacial score (nSPS) is 10.9. The van der Waals surface area contributed by atoms with Crippen LogP contribution in [0.5, 0.6) is 11.5 Å². The molecule has 23 heavy (non-hydrogen) atoms. The van der Waals surface area contributed by atoms with Gasteiger partial charge in [0.05, 0.1) is 12.0 Å². The molecule has 7 heteroatoms. The predicted octanol–water partition coefficient (Wildman–Crippen LogP) is 2.12. The molecule has 122 valence electrons. The summed E-state index contributed by atoms with van der Waals surface area (Å²) < 4.78 is 33.2. The van der Waals surface area contributed by atoms with Crippen LogP contribution in [-0.4, -0.2) is 34.3 Å². The molecule has 0 heterocycles. The number of rotatable bonds is 6. The van der Waals surface area contributed by atoms with E-state index in [4.69, 9.17) is 9.47 Å². The first-order valence-electron chi connectivity index (χ1n) is 6.75. The van der Waals surface area contributed by atoms with Crippen molar-refractivity contribution < 1.29 is 22.7 Å². The van der Waals surface area contributed by atoms with Crippen LogP contribution in [0.1, 0.15) is 0 Å². The van der Waals surface area contributed by atoms with Crippen molar-refractivity contribution in [3.05, 3.63) is 48.5 Å². The van der Waals surface area contributed by atoms with E-state index in [1.165, 1.54) is 24.3 Å². The third-order valence-electron chi connectivity index (χ3n) is 2.98. The Bertz CT molecular complexity index is 784. The fourth-order valence-electron chi connectivity index (χ4n) is 1.82. The molecule has 0 aliphatic heterocycles. The van der Waals surface area contributed by atoms with Gasteiger partial charge in [-0.15, -0.1) is 0 Å². The summed E-state index contributed by atoms with van der Waals surface area (Å²) in [6.07, 6.45) is 1.13. The lowest BCUT2D eigenvalue weighted by atomic mass is 10.3. The first-order chi connectivity index (χ1) is 10.9. The minimum atomic E-state index is -3.25. The zero-order valence-electron chi connectivity index (χ0n) is 12.8. The third-order valence-corrected chi connectivity index (χ3v) is 4.11. The Hall–Kier alpha value is -2.54. The maximum absolute atomic E-state index is 11.8. The van der Waals surface area contributed by atoms with Crippen molar-refractivity contribution in [3.8, 4) is 11.5 Å². The summed E-state index contributed by atoms with van der Waals surface area (Å²) in [5, 5.41) is 2.63. The van der Waals surface area contributed by atoms with Gasteiger partial charge in [0, 0.05) is 18.0 Å². The van der Waals surface area contributed by atoms with E-state index >= 15 is 0 Å². The fourth-order valence-corrected chi connectivity index (χ4v) is 2.45. The summed E-state index contributed by atoms with van der Waals surface area (Å²) in [5.41, 5.74) is 0.497. The first kappa shape index (κ1) is 16.8. The molecule has 2 rings (SSSR count). The van der Waals surface area contributed by atoms with Crippen molar-refractivity contribution in [1.82, 2.24) is 0 Å². The zero-order valence-corrected chi connectivity index (χ0v) is 13.6. The monoisotopic (exact) mass is 335 g/mol. The summed E-state index contributed by atoms with van der Waals surface area (Å²) in [4.78, 5) is 12.0. The number of carbonyl (C=O) groups is 1. The quantitative estimate of drug-likeness (QED) is 0.874. The van der Waals surface area contributed by atoms with Crippen LogP contribution >= 0.6 is 0 Å². The van der Waals surface area contributed by atoms with E-state index in [2.05, 4.69) is 5.32 Å². The number of benzene rings is 2. The molecule has 0 radical (unpaired) electrons. The Morgan fingerprint density at radius 1 is 1.09 bits per heavy atom. The van der Waals surface area contributed by atoms with Gasteiger partial charge in [-0.25, -0.2) is 8.42 Å². The number of carbonyl (C=O) groups excluding carboxylic acids is 1. The zero-order chi connectivity index (χ0) is 16.9. The van der Waals surface area contributed by atoms with Crippen LogP contribution < -0.4 is 14.8 Å². The van der Waals surface area contributed by atoms with Gasteiger partial charge in [0.1, 0.15) is 11.5 Å². The van der Waals surface area contributed by atoms with Gasteiger partial charge < -0.3 is 14.8 Å². The molecular weight excluding hydrogens is 318 g/mol. The van der Waals surface area contributed by atoms with Crippen LogP contribution in [0.15, 0.2) is 53.4 Å². The van der Waals surface area contributed by atoms with Crippen LogP contribution in [0.4, 0.5) is 5.69 Å². The number of hydrogen-bond donors (Lipinski definition) is 1. The number of hydrogen-bond acceptors (Lipinski definition) is 5. The Balaban J connectivity index is 1.92. The molecule has 0 fully saturated rings. The van der Waals surface area contributed by atoms with Crippen molar-refractivity contribution in [2.75, 3.05) is 25.3 Å². The molecule has 0 atom stereocenters. The Labute approximate surface area is 135 Å². The number of sulfone groups is 1. The number of methoxy groups -OCH3 is 1. The highest BCUT2D eigenvalue weighted by Gasteiger charge is 2.08. The van der Waals surface area contributed by atoms with E-state index in [0.717, 1.165) is 6.26 Å². The lowest BCUT2D eigenvalue weighted by Crippen LogP contribution is -2.20. The van der Waals surface area contributed by atoms with Gasteiger partial charge in [-0.3, -0.25) is 4.79 Å². The van der Waals surface area contributed by atoms with E-state index in [9.17, 15) is 13.2 Å². The lowest BCUT2D eigenvalue weighted by molar-refractivity contribution is -0.118. The highest BCUT2D eigenvalue weighted by atomic mass is 32.2. The van der Waals surface area contributed by atoms with Crippen LogP contribution in [0, 0.1) is 0 Å². The summed E-state index contributed by atoms with van der Waals surface area (Å²) in [6, 6.07) is 12.9. The van der Waals surface area contributed by atoms with E-state index in [0.29, 0.717) is 17.2 Å². The predicted molar refractivity (Wildman–Crippen MR) is 86.7 cm³/mol. The number of amides is 1. The summed E-state index contributed by atoms with van der Waals surface area (Å²) in [5.74, 6) is 0.811. The number of ether oxygens (including phenoxy) is 2. The number of nitrogens with one attached hydrogen (secondary N) is 1. The maximum Gasteiger partial charge on any atom is 0.262 e. The molecule has 0 aliphatic carbocycles. The fraction of sp³-hybridized carbons (Fsp3) is 0.188. The molecule has 0 spiro atoms. The average molecular weight is 335 g/mol. The average Bonchev–Trinajstić information content (AvgIpc) is 2.53. The Morgan fingerprint density at radius 2 is 1.74 bits per heavy atom. The lowest BCUT2D eigenvalue weighted by Gasteiger charge is -2.09. The molecule has 0 bridgehead atoms. The second kappa shape index (κ2) is 7.15. The molecule has 2 aromatic carbocycles.